The molecular formula is C72H61N4OPt-3. The molecule has 388 valence electrons. The molecule has 78 heavy (non-hydrogen) atoms. The molecule has 3 aromatic heterocycles. The third-order valence-corrected chi connectivity index (χ3v) is 15.2. The van der Waals surface area contributed by atoms with Crippen molar-refractivity contribution in [2.45, 2.75) is 78.6 Å². The van der Waals surface area contributed by atoms with Gasteiger partial charge >= 0.3 is 0 Å². The quantitative estimate of drug-likeness (QED) is 0.156. The van der Waals surface area contributed by atoms with Gasteiger partial charge in [-0.2, -0.15) is 12.1 Å². The largest absolute Gasteiger partial charge is 0.509 e. The maximum atomic E-state index is 9.14. The fraction of sp³-hybridized carbons (Fsp3) is 0.167. The molecule has 5 nitrogen and oxygen atoms in total. The average molecular weight is 1200 g/mol. The van der Waals surface area contributed by atoms with Crippen molar-refractivity contribution >= 4 is 76.5 Å². The molecule has 0 fully saturated rings. The van der Waals surface area contributed by atoms with Crippen LogP contribution in [-0.2, 0) is 37.3 Å². The van der Waals surface area contributed by atoms with E-state index < -0.39 is 6.04 Å². The Bertz CT molecular complexity index is 4700. The molecule has 6 heteroatoms. The van der Waals surface area contributed by atoms with Crippen LogP contribution >= 0.6 is 0 Å². The molecule has 0 saturated carbocycles. The minimum atomic E-state index is -0.422. The smallest absolute Gasteiger partial charge is 0.135 e. The van der Waals surface area contributed by atoms with Gasteiger partial charge in [-0.3, -0.25) is 0 Å². The second-order valence-corrected chi connectivity index (χ2v) is 23.4. The number of aromatic nitrogens is 3. The van der Waals surface area contributed by atoms with Gasteiger partial charge in [-0.15, -0.1) is 35.7 Å². The molecule has 0 aliphatic carbocycles. The molecular weight excluding hydrogens is 1130 g/mol. The number of para-hydroxylation sites is 3. The van der Waals surface area contributed by atoms with Crippen molar-refractivity contribution in [1.82, 2.24) is 14.1 Å². The molecule has 0 bridgehead atoms. The fourth-order valence-corrected chi connectivity index (χ4v) is 11.2. The molecule has 1 aliphatic rings. The number of pyridine rings is 1. The van der Waals surface area contributed by atoms with Gasteiger partial charge < -0.3 is 18.8 Å². The zero-order valence-electron chi connectivity index (χ0n) is 50.3. The van der Waals surface area contributed by atoms with Gasteiger partial charge in [0.2, 0.25) is 0 Å². The number of benzene rings is 9. The van der Waals surface area contributed by atoms with E-state index in [9.17, 15) is 0 Å². The summed E-state index contributed by atoms with van der Waals surface area (Å²) in [6.07, 6.45) is 1.88. The number of hydrogen-bond acceptors (Lipinski definition) is 3. The Morgan fingerprint density at radius 1 is 0.487 bits per heavy atom. The second kappa shape index (κ2) is 19.1. The minimum Gasteiger partial charge on any atom is -0.509 e. The van der Waals surface area contributed by atoms with Crippen molar-refractivity contribution in [3.8, 4) is 39.6 Å². The number of nitrogens with zero attached hydrogens (tertiary/aromatic N) is 4. The molecule has 0 amide bonds. The van der Waals surface area contributed by atoms with Crippen molar-refractivity contribution in [3.63, 3.8) is 0 Å². The molecule has 13 rings (SSSR count). The Morgan fingerprint density at radius 3 is 1.86 bits per heavy atom. The minimum absolute atomic E-state index is 0. The summed E-state index contributed by atoms with van der Waals surface area (Å²) >= 11 is 0. The first kappa shape index (κ1) is 45.0. The van der Waals surface area contributed by atoms with Gasteiger partial charge in [-0.25, -0.2) is 4.98 Å². The van der Waals surface area contributed by atoms with Crippen molar-refractivity contribution < 1.29 is 32.7 Å². The molecule has 9 aromatic carbocycles. The summed E-state index contributed by atoms with van der Waals surface area (Å²) in [5, 5.41) is 8.55. The van der Waals surface area contributed by atoms with Crippen LogP contribution in [0.25, 0.3) is 93.2 Å². The van der Waals surface area contributed by atoms with Crippen LogP contribution in [0, 0.1) is 18.8 Å². The summed E-state index contributed by atoms with van der Waals surface area (Å²) in [6.45, 7) is 22.0. The molecule has 4 heterocycles. The van der Waals surface area contributed by atoms with Gasteiger partial charge in [0.25, 0.3) is 0 Å². The zero-order chi connectivity index (χ0) is 57.3. The molecule has 0 atom stereocenters. The van der Waals surface area contributed by atoms with Gasteiger partial charge in [0.15, 0.2) is 0 Å². The molecule has 0 N–H and O–H groups in total. The Hall–Kier alpha value is -8.11. The van der Waals surface area contributed by atoms with Gasteiger partial charge in [0, 0.05) is 50.0 Å². The van der Waals surface area contributed by atoms with Crippen molar-refractivity contribution in [2.75, 3.05) is 4.90 Å². The molecule has 1 aliphatic heterocycles. The Labute approximate surface area is 479 Å². The summed E-state index contributed by atoms with van der Waals surface area (Å²) in [5.41, 5.74) is 10.7. The van der Waals surface area contributed by atoms with Gasteiger partial charge in [-0.05, 0) is 141 Å². The van der Waals surface area contributed by atoms with Crippen LogP contribution in [0.1, 0.15) is 85.9 Å². The number of rotatable bonds is 6. The molecule has 0 unspecified atom stereocenters. The summed E-state index contributed by atoms with van der Waals surface area (Å²) in [6, 6.07) is 63.1. The van der Waals surface area contributed by atoms with Crippen LogP contribution in [0.3, 0.4) is 0 Å². The molecule has 12 aromatic rings. The van der Waals surface area contributed by atoms with Crippen LogP contribution in [0.2, 0.25) is 0 Å². The normalized spacial score (nSPS) is 13.6. The van der Waals surface area contributed by atoms with Crippen LogP contribution < -0.4 is 9.64 Å². The number of hydrogen-bond donors (Lipinski definition) is 0. The third-order valence-electron chi connectivity index (χ3n) is 15.2. The van der Waals surface area contributed by atoms with Crippen LogP contribution in [0.5, 0.6) is 11.5 Å². The van der Waals surface area contributed by atoms with Crippen molar-refractivity contribution in [3.05, 3.63) is 236 Å². The van der Waals surface area contributed by atoms with E-state index in [2.05, 4.69) is 229 Å². The molecule has 0 saturated heterocycles. The molecule has 0 radical (unpaired) electrons. The van der Waals surface area contributed by atoms with Crippen LogP contribution in [-0.4, -0.2) is 14.1 Å². The second-order valence-electron chi connectivity index (χ2n) is 23.4. The predicted molar refractivity (Wildman–Crippen MR) is 324 cm³/mol. The maximum absolute atomic E-state index is 9.14. The third kappa shape index (κ3) is 8.79. The van der Waals surface area contributed by atoms with Gasteiger partial charge in [0.05, 0.1) is 6.85 Å². The fourth-order valence-electron chi connectivity index (χ4n) is 11.2. The number of anilines is 2. The number of ether oxygens (including phenoxy) is 1. The Balaban J connectivity index is 0.00000680. The van der Waals surface area contributed by atoms with E-state index in [1.165, 1.54) is 11.1 Å². The van der Waals surface area contributed by atoms with E-state index in [-0.39, 0.29) is 67.0 Å². The Kier molecular flexibility index (Phi) is 11.0. The van der Waals surface area contributed by atoms with E-state index in [1.54, 1.807) is 0 Å². The summed E-state index contributed by atoms with van der Waals surface area (Å²) in [5.74, 6) is 1.87. The predicted octanol–water partition coefficient (Wildman–Crippen LogP) is 19.5. The standard InChI is InChI=1S/C72H61N4O.Pt/c1-70(2,3)49-32-34-58-56-24-13-14-25-57(56)61-28-18-27-55(48-38-47(46-20-11-10-12-21-46)39-51(40-48)72(7,8)9)68(61)75-45-74(65-31-19-29-62(69(65)75)63(58)41-49)52-22-17-23-53(43-52)77-54-33-35-60-59-26-15-16-30-64(59)76(66(60)44-54)67-42-50(36-37-73-67)71(4,5)6;/h10-42,45H,1-9H3;/q-3;/i10D,11D,12D,20D,21D;. The van der Waals surface area contributed by atoms with E-state index in [1.807, 2.05) is 36.5 Å². The van der Waals surface area contributed by atoms with Crippen molar-refractivity contribution in [1.29, 1.82) is 0 Å². The van der Waals surface area contributed by atoms with E-state index in [4.69, 9.17) is 16.6 Å². The summed E-state index contributed by atoms with van der Waals surface area (Å²) in [4.78, 5) is 7.08. The monoisotopic (exact) mass is 1200 g/mol. The first-order chi connectivity index (χ1) is 39.1. The SMILES string of the molecule is [2H]c1c([2H])c([2H])c(-c2cc(-c3cccc4c5ccccc5c5ccc(C(C)(C)C)cc5c5cccc6c5n(c34)[CH-]N6c3[c-]c(Oc4[c-]c5c(cc4)c4ccccc4n5-c4cc(C(C)(C)C)ccn4)ccc3)cc(C(C)(C)C)c2)c([2H])c1[2H].[Pt]. The van der Waals surface area contributed by atoms with Crippen LogP contribution in [0.4, 0.5) is 11.4 Å². The first-order valence-corrected chi connectivity index (χ1v) is 26.4. The Morgan fingerprint density at radius 2 is 1.10 bits per heavy atom. The molecule has 0 spiro atoms. The van der Waals surface area contributed by atoms with E-state index >= 15 is 0 Å². The average Bonchev–Trinajstić information content (AvgIpc) is 2.34. The van der Waals surface area contributed by atoms with Gasteiger partial charge in [-0.1, -0.05) is 207 Å². The van der Waals surface area contributed by atoms with E-state index in [0.29, 0.717) is 17.1 Å². The summed E-state index contributed by atoms with van der Waals surface area (Å²) in [7, 11) is 0. The first-order valence-electron chi connectivity index (χ1n) is 28.9. The zero-order valence-corrected chi connectivity index (χ0v) is 47.5. The van der Waals surface area contributed by atoms with E-state index in [0.717, 1.165) is 99.0 Å². The van der Waals surface area contributed by atoms with Gasteiger partial charge in [0.1, 0.15) is 5.82 Å². The number of fused-ring (bicyclic) bond motifs is 10. The van der Waals surface area contributed by atoms with Crippen LogP contribution in [0.15, 0.2) is 200 Å². The van der Waals surface area contributed by atoms with Crippen molar-refractivity contribution in [2.24, 2.45) is 0 Å². The topological polar surface area (TPSA) is 35.2 Å². The maximum Gasteiger partial charge on any atom is 0.135 e. The summed E-state index contributed by atoms with van der Waals surface area (Å²) < 4.78 is 55.4.